The highest BCUT2D eigenvalue weighted by Gasteiger charge is 2.20. The summed E-state index contributed by atoms with van der Waals surface area (Å²) in [4.78, 5) is 22.8. The first kappa shape index (κ1) is 23.3. The van der Waals surface area contributed by atoms with Gasteiger partial charge in [0.25, 0.3) is 5.56 Å². The first-order valence-corrected chi connectivity index (χ1v) is 14.1. The van der Waals surface area contributed by atoms with Crippen LogP contribution in [0, 0.1) is 0 Å². The van der Waals surface area contributed by atoms with Crippen LogP contribution in [0.3, 0.4) is 0 Å². The van der Waals surface area contributed by atoms with Gasteiger partial charge in [-0.15, -0.1) is 11.3 Å². The van der Waals surface area contributed by atoms with E-state index in [0.29, 0.717) is 25.0 Å². The smallest absolute Gasteiger partial charge is 0.260 e. The van der Waals surface area contributed by atoms with Gasteiger partial charge in [0.1, 0.15) is 35.4 Å². The number of hydrogen-bond donors (Lipinski definition) is 1. The number of H-pyrrole nitrogens is 1. The Labute approximate surface area is 215 Å². The maximum absolute atomic E-state index is 12.8. The Balaban J connectivity index is 1.04. The molecule has 0 spiro atoms. The molecule has 0 aliphatic heterocycles. The van der Waals surface area contributed by atoms with Crippen molar-refractivity contribution in [1.29, 1.82) is 0 Å². The van der Waals surface area contributed by atoms with Crippen molar-refractivity contribution >= 4 is 21.6 Å². The molecule has 1 N–H and O–H groups in total. The summed E-state index contributed by atoms with van der Waals surface area (Å²) in [5.41, 5.74) is 3.50. The Hall–Kier alpha value is -3.12. The molecule has 6 heteroatoms. The zero-order valence-electron chi connectivity index (χ0n) is 20.6. The van der Waals surface area contributed by atoms with E-state index in [0.717, 1.165) is 46.5 Å². The number of aromatic nitrogens is 2. The van der Waals surface area contributed by atoms with Gasteiger partial charge in [-0.2, -0.15) is 0 Å². The van der Waals surface area contributed by atoms with E-state index in [2.05, 4.69) is 29.2 Å². The molecular formula is C30H32N2O3S. The molecule has 2 aromatic heterocycles. The van der Waals surface area contributed by atoms with Crippen molar-refractivity contribution < 1.29 is 9.47 Å². The predicted octanol–water partition coefficient (Wildman–Crippen LogP) is 7.04. The second-order valence-corrected chi connectivity index (χ2v) is 11.0. The molecule has 36 heavy (non-hydrogen) atoms. The first-order chi connectivity index (χ1) is 17.7. The number of hydrogen-bond acceptors (Lipinski definition) is 5. The van der Waals surface area contributed by atoms with Crippen LogP contribution < -0.4 is 15.0 Å². The average molecular weight is 501 g/mol. The normalized spacial score (nSPS) is 16.1. The molecule has 186 valence electrons. The number of thiophene rings is 1. The van der Waals surface area contributed by atoms with Gasteiger partial charge in [0, 0.05) is 10.4 Å². The van der Waals surface area contributed by atoms with Crippen LogP contribution in [0.5, 0.6) is 11.5 Å². The SMILES string of the molecule is O=c1[nH]c(-c2ccc(OCCOc3ccc(C4CCCCC4)cc3)cc2)nc2sc3c(c12)CCCC3. The van der Waals surface area contributed by atoms with E-state index in [1.165, 1.54) is 54.5 Å². The highest BCUT2D eigenvalue weighted by molar-refractivity contribution is 7.18. The average Bonchev–Trinajstić information content (AvgIpc) is 3.31. The van der Waals surface area contributed by atoms with Crippen molar-refractivity contribution in [2.45, 2.75) is 63.7 Å². The minimum absolute atomic E-state index is 0.0290. The lowest BCUT2D eigenvalue weighted by molar-refractivity contribution is 0.217. The van der Waals surface area contributed by atoms with E-state index in [9.17, 15) is 4.79 Å². The van der Waals surface area contributed by atoms with Crippen LogP contribution in [0.25, 0.3) is 21.6 Å². The fourth-order valence-corrected chi connectivity index (χ4v) is 6.86. The third-order valence-electron chi connectivity index (χ3n) is 7.53. The third kappa shape index (κ3) is 4.92. The van der Waals surface area contributed by atoms with Crippen molar-refractivity contribution in [1.82, 2.24) is 9.97 Å². The first-order valence-electron chi connectivity index (χ1n) is 13.3. The molecule has 0 radical (unpaired) electrons. The standard InChI is InChI=1S/C30H32N2O3S/c33-29-27-25-8-4-5-9-26(25)36-30(27)32-28(31-29)22-12-16-24(17-13-22)35-19-18-34-23-14-10-21(11-15-23)20-6-2-1-3-7-20/h10-17,20H,1-9,18-19H2,(H,31,32,33). The van der Waals surface area contributed by atoms with Crippen LogP contribution in [0.1, 0.15) is 66.9 Å². The predicted molar refractivity (Wildman–Crippen MR) is 146 cm³/mol. The Kier molecular flexibility index (Phi) is 6.77. The minimum Gasteiger partial charge on any atom is -0.490 e. The van der Waals surface area contributed by atoms with Crippen LogP contribution in [0.4, 0.5) is 0 Å². The van der Waals surface area contributed by atoms with Crippen LogP contribution >= 0.6 is 11.3 Å². The van der Waals surface area contributed by atoms with E-state index in [1.54, 1.807) is 11.3 Å². The highest BCUT2D eigenvalue weighted by atomic mass is 32.1. The molecule has 0 amide bonds. The summed E-state index contributed by atoms with van der Waals surface area (Å²) < 4.78 is 11.7. The van der Waals surface area contributed by atoms with Crippen molar-refractivity contribution in [3.63, 3.8) is 0 Å². The molecule has 6 rings (SSSR count). The monoisotopic (exact) mass is 500 g/mol. The Morgan fingerprint density at radius 2 is 1.50 bits per heavy atom. The van der Waals surface area contributed by atoms with Crippen molar-refractivity contribution in [2.24, 2.45) is 0 Å². The maximum Gasteiger partial charge on any atom is 0.260 e. The van der Waals surface area contributed by atoms with Gasteiger partial charge in [0.2, 0.25) is 0 Å². The number of benzene rings is 2. The Bertz CT molecular complexity index is 1380. The lowest BCUT2D eigenvalue weighted by Gasteiger charge is -2.22. The van der Waals surface area contributed by atoms with Gasteiger partial charge in [-0.3, -0.25) is 4.79 Å². The molecule has 2 aromatic carbocycles. The molecule has 2 heterocycles. The van der Waals surface area contributed by atoms with Crippen molar-refractivity contribution in [3.05, 3.63) is 74.9 Å². The molecular weight excluding hydrogens is 468 g/mol. The molecule has 1 fully saturated rings. The van der Waals surface area contributed by atoms with E-state index in [4.69, 9.17) is 14.5 Å². The van der Waals surface area contributed by atoms with E-state index < -0.39 is 0 Å². The number of rotatable bonds is 7. The number of ether oxygens (including phenoxy) is 2. The molecule has 2 aliphatic carbocycles. The number of aryl methyl sites for hydroxylation is 2. The topological polar surface area (TPSA) is 64.2 Å². The second-order valence-electron chi connectivity index (χ2n) is 9.93. The van der Waals surface area contributed by atoms with Gasteiger partial charge in [-0.05, 0) is 92.0 Å². The zero-order valence-corrected chi connectivity index (χ0v) is 21.4. The van der Waals surface area contributed by atoms with Gasteiger partial charge < -0.3 is 14.5 Å². The van der Waals surface area contributed by atoms with E-state index >= 15 is 0 Å². The molecule has 1 saturated carbocycles. The summed E-state index contributed by atoms with van der Waals surface area (Å²) in [6, 6.07) is 16.3. The molecule has 0 bridgehead atoms. The summed E-state index contributed by atoms with van der Waals surface area (Å²) in [6.07, 6.45) is 11.1. The van der Waals surface area contributed by atoms with Crippen LogP contribution in [-0.2, 0) is 12.8 Å². The summed E-state index contributed by atoms with van der Waals surface area (Å²) in [7, 11) is 0. The van der Waals surface area contributed by atoms with Gasteiger partial charge in [0.05, 0.1) is 5.39 Å². The van der Waals surface area contributed by atoms with Crippen molar-refractivity contribution in [2.75, 3.05) is 13.2 Å². The molecule has 2 aliphatic rings. The maximum atomic E-state index is 12.8. The molecule has 4 aromatic rings. The Morgan fingerprint density at radius 3 is 2.22 bits per heavy atom. The van der Waals surface area contributed by atoms with Gasteiger partial charge in [-0.1, -0.05) is 31.4 Å². The van der Waals surface area contributed by atoms with Crippen LogP contribution in [0.15, 0.2) is 53.3 Å². The molecule has 0 atom stereocenters. The zero-order chi connectivity index (χ0) is 24.3. The van der Waals surface area contributed by atoms with Gasteiger partial charge >= 0.3 is 0 Å². The quantitative estimate of drug-likeness (QED) is 0.277. The van der Waals surface area contributed by atoms with Crippen LogP contribution in [-0.4, -0.2) is 23.2 Å². The van der Waals surface area contributed by atoms with Crippen molar-refractivity contribution in [3.8, 4) is 22.9 Å². The molecule has 0 saturated heterocycles. The lowest BCUT2D eigenvalue weighted by Crippen LogP contribution is -2.11. The fraction of sp³-hybridized carbons (Fsp3) is 0.400. The third-order valence-corrected chi connectivity index (χ3v) is 8.72. The largest absolute Gasteiger partial charge is 0.490 e. The molecule has 0 unspecified atom stereocenters. The Morgan fingerprint density at radius 1 is 0.833 bits per heavy atom. The van der Waals surface area contributed by atoms with Gasteiger partial charge in [0.15, 0.2) is 0 Å². The summed E-state index contributed by atoms with van der Waals surface area (Å²) in [5.74, 6) is 2.97. The minimum atomic E-state index is -0.0290. The molecule has 5 nitrogen and oxygen atoms in total. The number of nitrogens with zero attached hydrogens (tertiary/aromatic N) is 1. The lowest BCUT2D eigenvalue weighted by atomic mass is 9.84. The number of aromatic amines is 1. The summed E-state index contributed by atoms with van der Waals surface area (Å²) in [5, 5.41) is 0.794. The van der Waals surface area contributed by atoms with Crippen LogP contribution in [0.2, 0.25) is 0 Å². The number of nitrogens with one attached hydrogen (secondary N) is 1. The second kappa shape index (κ2) is 10.5. The highest BCUT2D eigenvalue weighted by Crippen LogP contribution is 2.35. The van der Waals surface area contributed by atoms with Gasteiger partial charge in [-0.25, -0.2) is 4.98 Å². The summed E-state index contributed by atoms with van der Waals surface area (Å²) >= 11 is 1.68. The van der Waals surface area contributed by atoms with E-state index in [-0.39, 0.29) is 5.56 Å². The summed E-state index contributed by atoms with van der Waals surface area (Å²) in [6.45, 7) is 0.949. The number of fused-ring (bicyclic) bond motifs is 3. The van der Waals surface area contributed by atoms with E-state index in [1.807, 2.05) is 24.3 Å². The fourth-order valence-electron chi connectivity index (χ4n) is 5.60.